The number of rotatable bonds is 6. The van der Waals surface area contributed by atoms with E-state index < -0.39 is 0 Å². The standard InChI is InChI=1S/C33H33N3O2S/c1-23-12-6-9-17-27(23)34-28(37)22-39-32-35-30-26-16-8-7-15-25(26)20-33(18-10-3-11-19-33)29(30)31(38)36(32)21-24-13-4-2-5-14-24/h2,4-9,12-17H,3,10-11,18-22H2,1H3,(H,34,37). The van der Waals surface area contributed by atoms with Crippen LogP contribution in [0.15, 0.2) is 88.8 Å². The summed E-state index contributed by atoms with van der Waals surface area (Å²) in [5.74, 6) is 0.0536. The number of amides is 1. The van der Waals surface area contributed by atoms with Gasteiger partial charge in [0.25, 0.3) is 5.56 Å². The third-order valence-corrected chi connectivity index (χ3v) is 9.19. The monoisotopic (exact) mass is 535 g/mol. The summed E-state index contributed by atoms with van der Waals surface area (Å²) in [6, 6.07) is 26.2. The van der Waals surface area contributed by atoms with Crippen molar-refractivity contribution >= 4 is 23.4 Å². The predicted molar refractivity (Wildman–Crippen MR) is 158 cm³/mol. The van der Waals surface area contributed by atoms with Gasteiger partial charge in [-0.1, -0.05) is 104 Å². The molecule has 2 aliphatic rings. The summed E-state index contributed by atoms with van der Waals surface area (Å²) in [7, 11) is 0. The summed E-state index contributed by atoms with van der Waals surface area (Å²) in [6.45, 7) is 2.41. The molecule has 1 N–H and O–H groups in total. The zero-order valence-electron chi connectivity index (χ0n) is 22.3. The Morgan fingerprint density at radius 2 is 1.67 bits per heavy atom. The second-order valence-electron chi connectivity index (χ2n) is 10.8. The number of benzene rings is 3. The number of nitrogens with zero attached hydrogens (tertiary/aromatic N) is 2. The van der Waals surface area contributed by atoms with Crippen LogP contribution in [0.3, 0.4) is 0 Å². The summed E-state index contributed by atoms with van der Waals surface area (Å²) >= 11 is 1.34. The van der Waals surface area contributed by atoms with Crippen molar-refractivity contribution in [2.24, 2.45) is 0 Å². The Hall–Kier alpha value is -3.64. The lowest BCUT2D eigenvalue weighted by Gasteiger charge is -2.42. The van der Waals surface area contributed by atoms with Crippen LogP contribution in [0.5, 0.6) is 0 Å². The van der Waals surface area contributed by atoms with Crippen LogP contribution in [-0.4, -0.2) is 21.2 Å². The number of fused-ring (bicyclic) bond motifs is 4. The summed E-state index contributed by atoms with van der Waals surface area (Å²) in [6.07, 6.45) is 6.41. The van der Waals surface area contributed by atoms with Gasteiger partial charge in [-0.25, -0.2) is 4.98 Å². The van der Waals surface area contributed by atoms with Crippen LogP contribution in [0.1, 0.15) is 54.4 Å². The van der Waals surface area contributed by atoms with Gasteiger partial charge in [-0.3, -0.25) is 14.2 Å². The molecule has 0 unspecified atom stereocenters. The van der Waals surface area contributed by atoms with Crippen LogP contribution in [0.25, 0.3) is 11.3 Å². The molecule has 1 amide bonds. The molecule has 0 atom stereocenters. The van der Waals surface area contributed by atoms with Gasteiger partial charge in [0.05, 0.1) is 23.6 Å². The minimum Gasteiger partial charge on any atom is -0.325 e. The largest absolute Gasteiger partial charge is 0.325 e. The van der Waals surface area contributed by atoms with E-state index in [4.69, 9.17) is 4.98 Å². The molecule has 6 rings (SSSR count). The highest BCUT2D eigenvalue weighted by molar-refractivity contribution is 7.99. The first kappa shape index (κ1) is 25.6. The molecule has 0 bridgehead atoms. The first-order valence-electron chi connectivity index (χ1n) is 13.8. The SMILES string of the molecule is Cc1ccccc1NC(=O)CSc1nc2c(c(=O)n1Cc1ccccc1)C1(CCCCC1)Cc1ccccc1-2. The predicted octanol–water partition coefficient (Wildman–Crippen LogP) is 6.76. The van der Waals surface area contributed by atoms with Gasteiger partial charge in [0.1, 0.15) is 0 Å². The maximum atomic E-state index is 14.5. The molecule has 1 aromatic heterocycles. The van der Waals surface area contributed by atoms with Crippen molar-refractivity contribution in [1.29, 1.82) is 0 Å². The van der Waals surface area contributed by atoms with Crippen molar-refractivity contribution < 1.29 is 4.79 Å². The third-order valence-electron chi connectivity index (χ3n) is 8.21. The van der Waals surface area contributed by atoms with Gasteiger partial charge in [-0.05, 0) is 48.9 Å². The fraction of sp³-hybridized carbons (Fsp3) is 0.303. The van der Waals surface area contributed by atoms with Crippen LogP contribution in [0, 0.1) is 6.92 Å². The van der Waals surface area contributed by atoms with Crippen LogP contribution in [0.4, 0.5) is 5.69 Å². The van der Waals surface area contributed by atoms with E-state index in [0.717, 1.165) is 65.7 Å². The minimum absolute atomic E-state index is 0.0436. The molecule has 2 aliphatic carbocycles. The number of hydrogen-bond acceptors (Lipinski definition) is 4. The molecule has 0 radical (unpaired) electrons. The molecule has 1 saturated carbocycles. The molecule has 39 heavy (non-hydrogen) atoms. The molecular formula is C33H33N3O2S. The Kier molecular flexibility index (Phi) is 7.13. The fourth-order valence-corrected chi connectivity index (χ4v) is 7.06. The number of aryl methyl sites for hydroxylation is 1. The van der Waals surface area contributed by atoms with Crippen molar-refractivity contribution in [1.82, 2.24) is 9.55 Å². The van der Waals surface area contributed by atoms with E-state index in [9.17, 15) is 9.59 Å². The zero-order chi connectivity index (χ0) is 26.8. The summed E-state index contributed by atoms with van der Waals surface area (Å²) in [5, 5.41) is 3.60. The molecule has 0 saturated heterocycles. The number of anilines is 1. The van der Waals surface area contributed by atoms with Gasteiger partial charge in [-0.15, -0.1) is 0 Å². The Bertz CT molecular complexity index is 1570. The molecule has 6 heteroatoms. The number of nitrogens with one attached hydrogen (secondary N) is 1. The topological polar surface area (TPSA) is 64.0 Å². The van der Waals surface area contributed by atoms with Gasteiger partial charge >= 0.3 is 0 Å². The highest BCUT2D eigenvalue weighted by Gasteiger charge is 2.43. The number of carbonyl (C=O) groups is 1. The Labute approximate surface area is 233 Å². The Morgan fingerprint density at radius 1 is 0.949 bits per heavy atom. The molecule has 1 heterocycles. The van der Waals surface area contributed by atoms with Crippen molar-refractivity contribution in [2.75, 3.05) is 11.1 Å². The number of hydrogen-bond donors (Lipinski definition) is 1. The second kappa shape index (κ2) is 10.9. The van der Waals surface area contributed by atoms with E-state index in [2.05, 4.69) is 23.5 Å². The molecule has 1 spiro atoms. The van der Waals surface area contributed by atoms with Crippen molar-refractivity contribution in [2.45, 2.75) is 62.6 Å². The summed E-state index contributed by atoms with van der Waals surface area (Å²) < 4.78 is 1.81. The van der Waals surface area contributed by atoms with Crippen molar-refractivity contribution in [3.8, 4) is 11.3 Å². The zero-order valence-corrected chi connectivity index (χ0v) is 23.1. The molecule has 5 nitrogen and oxygen atoms in total. The van der Waals surface area contributed by atoms with E-state index in [1.165, 1.54) is 23.7 Å². The Morgan fingerprint density at radius 3 is 2.46 bits per heavy atom. The van der Waals surface area contributed by atoms with Crippen LogP contribution in [-0.2, 0) is 23.2 Å². The van der Waals surface area contributed by atoms with E-state index >= 15 is 0 Å². The molecular weight excluding hydrogens is 502 g/mol. The highest BCUT2D eigenvalue weighted by Crippen LogP contribution is 2.48. The van der Waals surface area contributed by atoms with Crippen molar-refractivity contribution in [3.63, 3.8) is 0 Å². The van der Waals surface area contributed by atoms with Crippen LogP contribution >= 0.6 is 11.8 Å². The quantitative estimate of drug-likeness (QED) is 0.219. The molecule has 4 aromatic rings. The average Bonchev–Trinajstić information content (AvgIpc) is 2.95. The maximum absolute atomic E-state index is 14.5. The van der Waals surface area contributed by atoms with E-state index in [1.54, 1.807) is 0 Å². The van der Waals surface area contributed by atoms with Crippen molar-refractivity contribution in [3.05, 3.63) is 111 Å². The van der Waals surface area contributed by atoms with E-state index in [-0.39, 0.29) is 22.6 Å². The lowest BCUT2D eigenvalue weighted by atomic mass is 9.62. The minimum atomic E-state index is -0.171. The lowest BCUT2D eigenvalue weighted by Crippen LogP contribution is -2.43. The first-order valence-corrected chi connectivity index (χ1v) is 14.8. The number of aromatic nitrogens is 2. The van der Waals surface area contributed by atoms with Gasteiger partial charge in [0.15, 0.2) is 5.16 Å². The normalized spacial score (nSPS) is 15.4. The number of carbonyl (C=O) groups excluding carboxylic acids is 1. The third kappa shape index (κ3) is 5.06. The molecule has 0 aliphatic heterocycles. The summed E-state index contributed by atoms with van der Waals surface area (Å²) in [5.41, 5.74) is 6.75. The molecule has 1 fully saturated rings. The van der Waals surface area contributed by atoms with Crippen LogP contribution in [0.2, 0.25) is 0 Å². The lowest BCUT2D eigenvalue weighted by molar-refractivity contribution is -0.113. The van der Waals surface area contributed by atoms with Crippen LogP contribution < -0.4 is 10.9 Å². The number of thioether (sulfide) groups is 1. The average molecular weight is 536 g/mol. The smallest absolute Gasteiger partial charge is 0.258 e. The van der Waals surface area contributed by atoms with Gasteiger partial charge in [0, 0.05) is 16.7 Å². The van der Waals surface area contributed by atoms with Gasteiger partial charge < -0.3 is 5.32 Å². The van der Waals surface area contributed by atoms with Gasteiger partial charge in [0.2, 0.25) is 5.91 Å². The first-order chi connectivity index (χ1) is 19.0. The summed E-state index contributed by atoms with van der Waals surface area (Å²) in [4.78, 5) is 32.7. The van der Waals surface area contributed by atoms with Gasteiger partial charge in [-0.2, -0.15) is 0 Å². The molecule has 3 aromatic carbocycles. The highest BCUT2D eigenvalue weighted by atomic mass is 32.2. The maximum Gasteiger partial charge on any atom is 0.258 e. The Balaban J connectivity index is 1.43. The van der Waals surface area contributed by atoms with E-state index in [0.29, 0.717) is 11.7 Å². The fourth-order valence-electron chi connectivity index (χ4n) is 6.27. The second-order valence-corrected chi connectivity index (χ2v) is 11.8. The molecule has 198 valence electrons. The number of para-hydroxylation sites is 1. The van der Waals surface area contributed by atoms with E-state index in [1.807, 2.05) is 72.2 Å².